The van der Waals surface area contributed by atoms with Crippen molar-refractivity contribution in [3.8, 4) is 0 Å². The lowest BCUT2D eigenvalue weighted by molar-refractivity contribution is -0.138. The van der Waals surface area contributed by atoms with Gasteiger partial charge in [-0.1, -0.05) is 12.1 Å². The number of hydrogen-bond donors (Lipinski definition) is 3. The first-order chi connectivity index (χ1) is 20.1. The Morgan fingerprint density at radius 2 is 1.90 bits per heavy atom. The van der Waals surface area contributed by atoms with Crippen LogP contribution in [0.15, 0.2) is 48.7 Å². The average Bonchev–Trinajstić information content (AvgIpc) is 3.37. The predicted octanol–water partition coefficient (Wildman–Crippen LogP) is 4.54. The molecule has 2 saturated heterocycles. The lowest BCUT2D eigenvalue weighted by Gasteiger charge is -2.39. The second-order valence-corrected chi connectivity index (χ2v) is 12.2. The Bertz CT molecular complexity index is 1430. The number of carbonyl (C=O) groups excluding carboxylic acids is 3. The molecule has 3 heterocycles. The minimum absolute atomic E-state index is 0.0484. The van der Waals surface area contributed by atoms with Crippen molar-refractivity contribution < 1.29 is 23.5 Å². The molecule has 0 saturated carbocycles. The van der Waals surface area contributed by atoms with E-state index in [1.807, 2.05) is 17.0 Å². The van der Waals surface area contributed by atoms with Crippen LogP contribution in [0.3, 0.4) is 0 Å². The molecule has 11 heteroatoms. The van der Waals surface area contributed by atoms with Crippen molar-refractivity contribution in [2.24, 2.45) is 11.8 Å². The Kier molecular flexibility index (Phi) is 8.77. The molecule has 3 aromatic rings. The molecule has 3 amide bonds. The summed E-state index contributed by atoms with van der Waals surface area (Å²) in [4.78, 5) is 41.1. The number of nitrogens with zero attached hydrogens (tertiary/aromatic N) is 3. The fourth-order valence-corrected chi connectivity index (χ4v) is 5.81. The highest BCUT2D eigenvalue weighted by Gasteiger charge is 2.36. The summed E-state index contributed by atoms with van der Waals surface area (Å²) >= 11 is 0. The maximum absolute atomic E-state index is 13.7. The van der Waals surface area contributed by atoms with Gasteiger partial charge < -0.3 is 25.6 Å². The average molecular weight is 579 g/mol. The van der Waals surface area contributed by atoms with Crippen molar-refractivity contribution in [3.05, 3.63) is 60.0 Å². The SMILES string of the molecule is CC(C)(C)OC(=O)n1ncc2cc(NC(=O)N[C@@H]3CCNC[C@@H]3C(=O)N3CCC[C@@H](Cc4ccc(F)cc4)C3)ccc21. The number of nitrogens with one attached hydrogen (secondary N) is 3. The molecule has 0 unspecified atom stereocenters. The van der Waals surface area contributed by atoms with Crippen LogP contribution in [0.4, 0.5) is 19.7 Å². The summed E-state index contributed by atoms with van der Waals surface area (Å²) in [6, 6.07) is 11.0. The highest BCUT2D eigenvalue weighted by Crippen LogP contribution is 2.25. The number of urea groups is 1. The van der Waals surface area contributed by atoms with Crippen LogP contribution in [0.25, 0.3) is 10.9 Å². The van der Waals surface area contributed by atoms with E-state index in [2.05, 4.69) is 21.0 Å². The molecule has 3 atom stereocenters. The summed E-state index contributed by atoms with van der Waals surface area (Å²) in [6.45, 7) is 7.93. The quantitative estimate of drug-likeness (QED) is 0.409. The summed E-state index contributed by atoms with van der Waals surface area (Å²) in [7, 11) is 0. The van der Waals surface area contributed by atoms with E-state index in [9.17, 15) is 18.8 Å². The molecule has 42 heavy (non-hydrogen) atoms. The zero-order valence-electron chi connectivity index (χ0n) is 24.4. The summed E-state index contributed by atoms with van der Waals surface area (Å²) in [5.41, 5.74) is 1.53. The molecule has 0 aliphatic carbocycles. The third-order valence-electron chi connectivity index (χ3n) is 7.78. The van der Waals surface area contributed by atoms with Crippen molar-refractivity contribution in [3.63, 3.8) is 0 Å². The van der Waals surface area contributed by atoms with Crippen LogP contribution in [0.5, 0.6) is 0 Å². The van der Waals surface area contributed by atoms with Crippen LogP contribution in [0.1, 0.15) is 45.6 Å². The van der Waals surface area contributed by atoms with Gasteiger partial charge in [0.1, 0.15) is 11.4 Å². The van der Waals surface area contributed by atoms with Crippen LogP contribution in [-0.2, 0) is 16.0 Å². The minimum Gasteiger partial charge on any atom is -0.442 e. The van der Waals surface area contributed by atoms with Gasteiger partial charge in [0.15, 0.2) is 0 Å². The van der Waals surface area contributed by atoms with Gasteiger partial charge in [-0.05, 0) is 94.8 Å². The number of hydrogen-bond acceptors (Lipinski definition) is 6. The number of ether oxygens (including phenoxy) is 1. The highest BCUT2D eigenvalue weighted by molar-refractivity contribution is 5.95. The molecule has 5 rings (SSSR count). The molecule has 2 aromatic carbocycles. The number of carbonyl (C=O) groups is 3. The molecule has 2 fully saturated rings. The van der Waals surface area contributed by atoms with Crippen molar-refractivity contribution in [2.75, 3.05) is 31.5 Å². The van der Waals surface area contributed by atoms with Crippen LogP contribution < -0.4 is 16.0 Å². The zero-order valence-corrected chi connectivity index (χ0v) is 24.4. The summed E-state index contributed by atoms with van der Waals surface area (Å²) < 4.78 is 19.9. The molecular formula is C31H39FN6O4. The van der Waals surface area contributed by atoms with E-state index in [1.54, 1.807) is 45.2 Å². The molecule has 3 N–H and O–H groups in total. The summed E-state index contributed by atoms with van der Waals surface area (Å²) in [6.07, 6.45) is 4.36. The van der Waals surface area contributed by atoms with Gasteiger partial charge in [0.2, 0.25) is 5.91 Å². The number of aromatic nitrogens is 2. The fourth-order valence-electron chi connectivity index (χ4n) is 5.81. The lowest BCUT2D eigenvalue weighted by atomic mass is 9.88. The Morgan fingerprint density at radius 3 is 2.67 bits per heavy atom. The molecular weight excluding hydrogens is 539 g/mol. The Balaban J connectivity index is 1.19. The van der Waals surface area contributed by atoms with E-state index in [0.29, 0.717) is 55.1 Å². The van der Waals surface area contributed by atoms with Crippen molar-refractivity contribution in [1.82, 2.24) is 25.3 Å². The fraction of sp³-hybridized carbons (Fsp3) is 0.484. The summed E-state index contributed by atoms with van der Waals surface area (Å²) in [5, 5.41) is 14.0. The number of piperidine rings is 2. The number of anilines is 1. The number of benzene rings is 2. The molecule has 10 nitrogen and oxygen atoms in total. The highest BCUT2D eigenvalue weighted by atomic mass is 19.1. The molecule has 2 aliphatic heterocycles. The maximum atomic E-state index is 13.7. The van der Waals surface area contributed by atoms with Gasteiger partial charge in [-0.2, -0.15) is 9.78 Å². The molecule has 0 spiro atoms. The predicted molar refractivity (Wildman–Crippen MR) is 158 cm³/mol. The Morgan fingerprint density at radius 1 is 1.12 bits per heavy atom. The number of halogens is 1. The third kappa shape index (κ3) is 7.25. The summed E-state index contributed by atoms with van der Waals surface area (Å²) in [5.74, 6) is -0.258. The van der Waals surface area contributed by atoms with Gasteiger partial charge in [-0.15, -0.1) is 0 Å². The first kappa shape index (κ1) is 29.5. The number of rotatable bonds is 5. The van der Waals surface area contributed by atoms with E-state index < -0.39 is 17.7 Å². The minimum atomic E-state index is -0.650. The van der Waals surface area contributed by atoms with E-state index in [1.165, 1.54) is 16.8 Å². The van der Waals surface area contributed by atoms with Gasteiger partial charge in [0.05, 0.1) is 17.6 Å². The van der Waals surface area contributed by atoms with Gasteiger partial charge >= 0.3 is 12.1 Å². The molecule has 0 radical (unpaired) electrons. The van der Waals surface area contributed by atoms with E-state index in [-0.39, 0.29) is 23.7 Å². The first-order valence-corrected chi connectivity index (χ1v) is 14.6. The smallest absolute Gasteiger partial charge is 0.435 e. The second-order valence-electron chi connectivity index (χ2n) is 12.2. The van der Waals surface area contributed by atoms with Crippen molar-refractivity contribution in [2.45, 2.75) is 58.1 Å². The maximum Gasteiger partial charge on any atom is 0.435 e. The van der Waals surface area contributed by atoms with Crippen LogP contribution >= 0.6 is 0 Å². The monoisotopic (exact) mass is 578 g/mol. The molecule has 224 valence electrons. The number of amides is 3. The Labute approximate surface area is 245 Å². The van der Waals surface area contributed by atoms with Crippen LogP contribution in [-0.4, -0.2) is 70.5 Å². The van der Waals surface area contributed by atoms with E-state index in [0.717, 1.165) is 24.8 Å². The van der Waals surface area contributed by atoms with Crippen LogP contribution in [0.2, 0.25) is 0 Å². The Hall–Kier alpha value is -3.99. The van der Waals surface area contributed by atoms with Crippen molar-refractivity contribution in [1.29, 1.82) is 0 Å². The van der Waals surface area contributed by atoms with E-state index >= 15 is 0 Å². The van der Waals surface area contributed by atoms with Gasteiger partial charge in [0.25, 0.3) is 0 Å². The molecule has 1 aromatic heterocycles. The van der Waals surface area contributed by atoms with Crippen molar-refractivity contribution >= 4 is 34.6 Å². The van der Waals surface area contributed by atoms with Gasteiger partial charge in [0, 0.05) is 36.7 Å². The number of fused-ring (bicyclic) bond motifs is 1. The molecule has 0 bridgehead atoms. The second kappa shape index (κ2) is 12.5. The first-order valence-electron chi connectivity index (χ1n) is 14.6. The third-order valence-corrected chi connectivity index (χ3v) is 7.78. The zero-order chi connectivity index (χ0) is 29.9. The molecule has 2 aliphatic rings. The normalized spacial score (nSPS) is 21.1. The number of likely N-dealkylation sites (tertiary alicyclic amines) is 1. The largest absolute Gasteiger partial charge is 0.442 e. The topological polar surface area (TPSA) is 118 Å². The van der Waals surface area contributed by atoms with Crippen LogP contribution in [0, 0.1) is 17.7 Å². The van der Waals surface area contributed by atoms with E-state index in [4.69, 9.17) is 4.74 Å². The standard InChI is InChI=1S/C31H39FN6O4/c1-31(2,3)42-30(41)38-27-11-10-24(16-22(27)17-34-38)35-29(40)36-26-12-13-33-18-25(26)28(39)37-14-4-5-21(19-37)15-20-6-8-23(32)9-7-20/h6-11,16-17,21,25-26,33H,4-5,12-15,18-19H2,1-3H3,(H2,35,36,40)/t21-,25-,26+/m0/s1. The lowest BCUT2D eigenvalue weighted by Crippen LogP contribution is -2.57. The van der Waals surface area contributed by atoms with Gasteiger partial charge in [-0.3, -0.25) is 4.79 Å². The van der Waals surface area contributed by atoms with Gasteiger partial charge in [-0.25, -0.2) is 14.0 Å².